The molecule has 0 N–H and O–H groups in total. The van der Waals surface area contributed by atoms with Gasteiger partial charge in [0.2, 0.25) is 0 Å². The summed E-state index contributed by atoms with van der Waals surface area (Å²) in [6.07, 6.45) is 0.344. The Bertz CT molecular complexity index is 633. The van der Waals surface area contributed by atoms with E-state index in [-0.39, 0.29) is 15.7 Å². The van der Waals surface area contributed by atoms with Crippen molar-refractivity contribution in [3.05, 3.63) is 17.5 Å². The van der Waals surface area contributed by atoms with Crippen molar-refractivity contribution in [3.8, 4) is 0 Å². The van der Waals surface area contributed by atoms with Crippen LogP contribution in [-0.2, 0) is 19.9 Å². The minimum atomic E-state index is -3.60. The lowest BCUT2D eigenvalue weighted by molar-refractivity contribution is 0.273. The van der Waals surface area contributed by atoms with Gasteiger partial charge in [-0.25, -0.2) is 16.8 Å². The van der Waals surface area contributed by atoms with Crippen LogP contribution in [0, 0.1) is 0 Å². The number of thiophene rings is 1. The highest BCUT2D eigenvalue weighted by molar-refractivity contribution is 7.92. The molecule has 0 aromatic carbocycles. The number of nitrogens with zero attached hydrogens (tertiary/aromatic N) is 1. The van der Waals surface area contributed by atoms with Gasteiger partial charge in [-0.15, -0.1) is 11.3 Å². The lowest BCUT2D eigenvalue weighted by Gasteiger charge is -2.32. The van der Waals surface area contributed by atoms with E-state index in [0.717, 1.165) is 11.3 Å². The number of hydrogen-bond acceptors (Lipinski definition) is 5. The van der Waals surface area contributed by atoms with Crippen LogP contribution in [0.4, 0.5) is 0 Å². The fourth-order valence-electron chi connectivity index (χ4n) is 2.08. The first-order valence-electron chi connectivity index (χ1n) is 5.40. The molecule has 1 aliphatic rings. The van der Waals surface area contributed by atoms with E-state index >= 15 is 0 Å². The second-order valence-electron chi connectivity index (χ2n) is 4.74. The molecule has 0 saturated carbocycles. The average molecular weight is 309 g/mol. The Labute approximate surface area is 111 Å². The molecule has 0 amide bonds. The van der Waals surface area contributed by atoms with Crippen LogP contribution >= 0.6 is 11.3 Å². The third-order valence-corrected chi connectivity index (χ3v) is 8.63. The number of sulfonamides is 1. The van der Waals surface area contributed by atoms with Crippen LogP contribution in [0.25, 0.3) is 0 Å². The van der Waals surface area contributed by atoms with Gasteiger partial charge in [0.05, 0.1) is 11.5 Å². The van der Waals surface area contributed by atoms with Gasteiger partial charge in [0.25, 0.3) is 10.0 Å². The van der Waals surface area contributed by atoms with Crippen LogP contribution in [0.15, 0.2) is 21.7 Å². The quantitative estimate of drug-likeness (QED) is 0.833. The molecule has 0 radical (unpaired) electrons. The molecule has 8 heteroatoms. The number of hydrogen-bond donors (Lipinski definition) is 0. The topological polar surface area (TPSA) is 71.5 Å². The summed E-state index contributed by atoms with van der Waals surface area (Å²) in [6.45, 7) is 1.68. The Morgan fingerprint density at radius 2 is 2.11 bits per heavy atom. The van der Waals surface area contributed by atoms with Crippen molar-refractivity contribution in [3.63, 3.8) is 0 Å². The van der Waals surface area contributed by atoms with Gasteiger partial charge in [-0.05, 0) is 24.8 Å². The monoisotopic (exact) mass is 309 g/mol. The van der Waals surface area contributed by atoms with Crippen LogP contribution in [-0.4, -0.2) is 45.2 Å². The predicted octanol–water partition coefficient (Wildman–Crippen LogP) is 0.946. The van der Waals surface area contributed by atoms with E-state index in [2.05, 4.69) is 0 Å². The molecule has 1 unspecified atom stereocenters. The molecule has 1 aromatic rings. The van der Waals surface area contributed by atoms with Crippen LogP contribution in [0.1, 0.15) is 13.3 Å². The van der Waals surface area contributed by atoms with Crippen LogP contribution in [0.3, 0.4) is 0 Å². The first-order valence-corrected chi connectivity index (χ1v) is 9.54. The Morgan fingerprint density at radius 1 is 1.44 bits per heavy atom. The van der Waals surface area contributed by atoms with Gasteiger partial charge >= 0.3 is 0 Å². The maximum atomic E-state index is 12.3. The predicted molar refractivity (Wildman–Crippen MR) is 70.9 cm³/mol. The van der Waals surface area contributed by atoms with Gasteiger partial charge in [0, 0.05) is 12.6 Å². The zero-order chi connectivity index (χ0) is 13.6. The summed E-state index contributed by atoms with van der Waals surface area (Å²) in [6, 6.07) is 3.20. The summed E-state index contributed by atoms with van der Waals surface area (Å²) in [5.74, 6) is -0.0606. The SMILES string of the molecule is CN(C1(C)CCS(=O)(=O)C1)S(=O)(=O)c1cccs1. The largest absolute Gasteiger partial charge is 0.252 e. The molecular weight excluding hydrogens is 294 g/mol. The van der Waals surface area contributed by atoms with E-state index in [4.69, 9.17) is 0 Å². The Balaban J connectivity index is 2.36. The van der Waals surface area contributed by atoms with Crippen molar-refractivity contribution in [2.75, 3.05) is 18.6 Å². The van der Waals surface area contributed by atoms with E-state index < -0.39 is 25.4 Å². The van der Waals surface area contributed by atoms with E-state index in [0.29, 0.717) is 6.42 Å². The van der Waals surface area contributed by atoms with Crippen LogP contribution < -0.4 is 0 Å². The van der Waals surface area contributed by atoms with Crippen molar-refractivity contribution in [2.24, 2.45) is 0 Å². The van der Waals surface area contributed by atoms with Crippen molar-refractivity contribution < 1.29 is 16.8 Å². The van der Waals surface area contributed by atoms with Gasteiger partial charge in [0.1, 0.15) is 4.21 Å². The highest BCUT2D eigenvalue weighted by Crippen LogP contribution is 2.33. The van der Waals surface area contributed by atoms with Crippen molar-refractivity contribution in [1.29, 1.82) is 0 Å². The maximum Gasteiger partial charge on any atom is 0.252 e. The molecule has 102 valence electrons. The Kier molecular flexibility index (Phi) is 3.33. The van der Waals surface area contributed by atoms with Gasteiger partial charge in [-0.1, -0.05) is 6.07 Å². The summed E-state index contributed by atoms with van der Waals surface area (Å²) in [7, 11) is -5.28. The van der Waals surface area contributed by atoms with Gasteiger partial charge in [0.15, 0.2) is 9.84 Å². The molecule has 1 aliphatic heterocycles. The zero-order valence-corrected chi connectivity index (χ0v) is 12.6. The molecule has 1 fully saturated rings. The fraction of sp³-hybridized carbons (Fsp3) is 0.600. The molecule has 5 nitrogen and oxygen atoms in total. The molecule has 18 heavy (non-hydrogen) atoms. The van der Waals surface area contributed by atoms with Crippen LogP contribution in [0.5, 0.6) is 0 Å². The van der Waals surface area contributed by atoms with Gasteiger partial charge < -0.3 is 0 Å². The van der Waals surface area contributed by atoms with E-state index in [1.54, 1.807) is 18.4 Å². The number of sulfone groups is 1. The third-order valence-electron chi connectivity index (χ3n) is 3.35. The molecule has 1 saturated heterocycles. The lowest BCUT2D eigenvalue weighted by atomic mass is 10.0. The normalized spacial score (nSPS) is 27.7. The zero-order valence-electron chi connectivity index (χ0n) is 10.2. The molecule has 0 aliphatic carbocycles. The van der Waals surface area contributed by atoms with Crippen molar-refractivity contribution in [2.45, 2.75) is 23.1 Å². The van der Waals surface area contributed by atoms with Gasteiger partial charge in [-0.2, -0.15) is 4.31 Å². The molecule has 0 bridgehead atoms. The first-order chi connectivity index (χ1) is 8.17. The average Bonchev–Trinajstić information content (AvgIpc) is 2.86. The molecule has 2 heterocycles. The summed E-state index contributed by atoms with van der Waals surface area (Å²) in [5.41, 5.74) is -0.846. The Morgan fingerprint density at radius 3 is 2.56 bits per heavy atom. The summed E-state index contributed by atoms with van der Waals surface area (Å²) < 4.78 is 49.2. The summed E-state index contributed by atoms with van der Waals surface area (Å²) in [4.78, 5) is 0. The molecular formula is C10H15NO4S3. The van der Waals surface area contributed by atoms with Crippen molar-refractivity contribution >= 4 is 31.2 Å². The van der Waals surface area contributed by atoms with Crippen LogP contribution in [0.2, 0.25) is 0 Å². The highest BCUT2D eigenvalue weighted by atomic mass is 32.2. The third kappa shape index (κ3) is 2.34. The molecule has 1 atom stereocenters. The molecule has 2 rings (SSSR count). The summed E-state index contributed by atoms with van der Waals surface area (Å²) in [5, 5.41) is 1.69. The maximum absolute atomic E-state index is 12.3. The minimum absolute atomic E-state index is 0.0494. The second kappa shape index (κ2) is 4.29. The smallest absolute Gasteiger partial charge is 0.229 e. The van der Waals surface area contributed by atoms with E-state index in [9.17, 15) is 16.8 Å². The fourth-order valence-corrected chi connectivity index (χ4v) is 7.03. The lowest BCUT2D eigenvalue weighted by Crippen LogP contribution is -2.47. The standard InChI is InChI=1S/C10H15NO4S3/c1-10(5-7-17(12,13)8-10)11(2)18(14,15)9-4-3-6-16-9/h3-4,6H,5,7-8H2,1-2H3. The van der Waals surface area contributed by atoms with E-state index in [1.807, 2.05) is 0 Å². The van der Waals surface area contributed by atoms with E-state index in [1.165, 1.54) is 17.4 Å². The molecule has 1 aromatic heterocycles. The van der Waals surface area contributed by atoms with Gasteiger partial charge in [-0.3, -0.25) is 0 Å². The first kappa shape index (κ1) is 14.0. The highest BCUT2D eigenvalue weighted by Gasteiger charge is 2.46. The van der Waals surface area contributed by atoms with Crippen molar-refractivity contribution in [1.82, 2.24) is 4.31 Å². The number of rotatable bonds is 3. The summed E-state index contributed by atoms with van der Waals surface area (Å²) >= 11 is 1.14. The minimum Gasteiger partial charge on any atom is -0.229 e. The Hall–Kier alpha value is -0.440. The second-order valence-corrected chi connectivity index (χ2v) is 10.1. The molecule has 0 spiro atoms.